The lowest BCUT2D eigenvalue weighted by Crippen LogP contribution is -2.40. The molecular formula is C22H28ClNO2. The molecule has 140 valence electrons. The van der Waals surface area contributed by atoms with Gasteiger partial charge >= 0.3 is 0 Å². The van der Waals surface area contributed by atoms with Gasteiger partial charge in [0.2, 0.25) is 0 Å². The minimum absolute atomic E-state index is 0.0206. The molecule has 0 aliphatic rings. The van der Waals surface area contributed by atoms with Gasteiger partial charge < -0.3 is 10.1 Å². The maximum atomic E-state index is 12.8. The van der Waals surface area contributed by atoms with Gasteiger partial charge in [0.15, 0.2) is 6.10 Å². The van der Waals surface area contributed by atoms with Crippen molar-refractivity contribution in [1.29, 1.82) is 0 Å². The van der Waals surface area contributed by atoms with E-state index in [1.165, 1.54) is 11.1 Å². The average molecular weight is 374 g/mol. The van der Waals surface area contributed by atoms with Crippen molar-refractivity contribution in [1.82, 2.24) is 5.32 Å². The highest BCUT2D eigenvalue weighted by Crippen LogP contribution is 2.24. The van der Waals surface area contributed by atoms with E-state index in [1.807, 2.05) is 19.9 Å². The molecule has 0 spiro atoms. The summed E-state index contributed by atoms with van der Waals surface area (Å²) in [5.41, 5.74) is 4.50. The van der Waals surface area contributed by atoms with Gasteiger partial charge in [-0.3, -0.25) is 4.79 Å². The third kappa shape index (κ3) is 5.01. The summed E-state index contributed by atoms with van der Waals surface area (Å²) in [5.74, 6) is 0.570. The van der Waals surface area contributed by atoms with Crippen LogP contribution in [0.4, 0.5) is 0 Å². The Kier molecular flexibility index (Phi) is 7.10. The molecule has 0 fully saturated rings. The zero-order chi connectivity index (χ0) is 19.3. The van der Waals surface area contributed by atoms with Crippen molar-refractivity contribution in [3.05, 3.63) is 63.7 Å². The highest BCUT2D eigenvalue weighted by Gasteiger charge is 2.22. The smallest absolute Gasteiger partial charge is 0.261 e. The molecule has 1 N–H and O–H groups in total. The first-order valence-corrected chi connectivity index (χ1v) is 9.53. The quantitative estimate of drug-likeness (QED) is 0.676. The van der Waals surface area contributed by atoms with Crippen LogP contribution in [0, 0.1) is 20.8 Å². The Morgan fingerprint density at radius 2 is 1.77 bits per heavy atom. The maximum Gasteiger partial charge on any atom is 0.261 e. The monoisotopic (exact) mass is 373 g/mol. The normalized spacial score (nSPS) is 13.2. The van der Waals surface area contributed by atoms with Gasteiger partial charge in [-0.25, -0.2) is 0 Å². The summed E-state index contributed by atoms with van der Waals surface area (Å²) in [6, 6.07) is 11.8. The second-order valence-corrected chi connectivity index (χ2v) is 7.16. The van der Waals surface area contributed by atoms with Crippen molar-refractivity contribution < 1.29 is 9.53 Å². The predicted molar refractivity (Wildman–Crippen MR) is 108 cm³/mol. The molecule has 2 aromatic rings. The Hall–Kier alpha value is -2.00. The number of hydrogen-bond donors (Lipinski definition) is 1. The van der Waals surface area contributed by atoms with Crippen molar-refractivity contribution in [3.8, 4) is 5.75 Å². The van der Waals surface area contributed by atoms with E-state index in [-0.39, 0.29) is 11.9 Å². The highest BCUT2D eigenvalue weighted by molar-refractivity contribution is 6.31. The van der Waals surface area contributed by atoms with E-state index in [0.717, 1.165) is 17.5 Å². The number of nitrogens with one attached hydrogen (secondary N) is 1. The van der Waals surface area contributed by atoms with Gasteiger partial charge in [0, 0.05) is 5.02 Å². The molecular weight excluding hydrogens is 346 g/mol. The van der Waals surface area contributed by atoms with Crippen LogP contribution < -0.4 is 10.1 Å². The van der Waals surface area contributed by atoms with Crippen LogP contribution in [-0.4, -0.2) is 12.0 Å². The van der Waals surface area contributed by atoms with E-state index >= 15 is 0 Å². The van der Waals surface area contributed by atoms with Crippen molar-refractivity contribution in [2.45, 2.75) is 59.6 Å². The van der Waals surface area contributed by atoms with E-state index in [0.29, 0.717) is 17.2 Å². The fourth-order valence-electron chi connectivity index (χ4n) is 3.06. The summed E-state index contributed by atoms with van der Waals surface area (Å²) in [4.78, 5) is 12.8. The molecule has 26 heavy (non-hydrogen) atoms. The zero-order valence-corrected chi connectivity index (χ0v) is 17.0. The first-order chi connectivity index (χ1) is 12.3. The Balaban J connectivity index is 2.12. The van der Waals surface area contributed by atoms with E-state index in [2.05, 4.69) is 44.3 Å². The Labute approximate surface area is 161 Å². The molecule has 2 atom stereocenters. The number of carbonyl (C=O) groups excluding carboxylic acids is 1. The predicted octanol–water partition coefficient (Wildman–Crippen LogP) is 5.69. The molecule has 0 bridgehead atoms. The topological polar surface area (TPSA) is 38.3 Å². The largest absolute Gasteiger partial charge is 0.481 e. The molecule has 0 saturated carbocycles. The average Bonchev–Trinajstić information content (AvgIpc) is 2.60. The molecule has 2 aromatic carbocycles. The molecule has 0 radical (unpaired) electrons. The van der Waals surface area contributed by atoms with E-state index in [4.69, 9.17) is 16.3 Å². The lowest BCUT2D eigenvalue weighted by molar-refractivity contribution is -0.128. The van der Waals surface area contributed by atoms with Crippen molar-refractivity contribution in [2.24, 2.45) is 0 Å². The number of rotatable bonds is 7. The molecule has 0 saturated heterocycles. The van der Waals surface area contributed by atoms with Gasteiger partial charge in [-0.05, 0) is 68.5 Å². The van der Waals surface area contributed by atoms with Crippen LogP contribution >= 0.6 is 11.6 Å². The zero-order valence-electron chi connectivity index (χ0n) is 16.2. The Morgan fingerprint density at radius 1 is 1.04 bits per heavy atom. The molecule has 1 amide bonds. The molecule has 0 heterocycles. The van der Waals surface area contributed by atoms with Crippen LogP contribution in [0.1, 0.15) is 55.0 Å². The minimum Gasteiger partial charge on any atom is -0.481 e. The summed E-state index contributed by atoms with van der Waals surface area (Å²) < 4.78 is 5.92. The first kappa shape index (κ1) is 20.3. The van der Waals surface area contributed by atoms with Crippen LogP contribution in [0.3, 0.4) is 0 Å². The van der Waals surface area contributed by atoms with Gasteiger partial charge in [0.25, 0.3) is 5.91 Å². The van der Waals surface area contributed by atoms with Gasteiger partial charge in [-0.15, -0.1) is 0 Å². The van der Waals surface area contributed by atoms with Crippen LogP contribution in [-0.2, 0) is 4.79 Å². The van der Waals surface area contributed by atoms with Crippen LogP contribution in [0.2, 0.25) is 5.02 Å². The summed E-state index contributed by atoms with van der Waals surface area (Å²) in [5, 5.41) is 3.84. The molecule has 0 aliphatic carbocycles. The fourth-order valence-corrected chi connectivity index (χ4v) is 3.18. The lowest BCUT2D eigenvalue weighted by Gasteiger charge is -2.24. The molecule has 0 unspecified atom stereocenters. The Bertz CT molecular complexity index is 773. The van der Waals surface area contributed by atoms with Gasteiger partial charge in [0.1, 0.15) is 5.75 Å². The summed E-state index contributed by atoms with van der Waals surface area (Å²) in [6.45, 7) is 10.1. The SMILES string of the molecule is CC[C@H](NC(=O)[C@@H](CC)Oc1ccc(Cl)c(C)c1)c1ccc(C)cc1C. The number of amides is 1. The van der Waals surface area contributed by atoms with E-state index < -0.39 is 6.10 Å². The second-order valence-electron chi connectivity index (χ2n) is 6.76. The van der Waals surface area contributed by atoms with E-state index in [9.17, 15) is 4.79 Å². The van der Waals surface area contributed by atoms with Crippen molar-refractivity contribution >= 4 is 17.5 Å². The van der Waals surface area contributed by atoms with Gasteiger partial charge in [-0.2, -0.15) is 0 Å². The third-order valence-electron chi connectivity index (χ3n) is 4.60. The number of benzene rings is 2. The first-order valence-electron chi connectivity index (χ1n) is 9.16. The number of halogens is 1. The maximum absolute atomic E-state index is 12.8. The number of hydrogen-bond acceptors (Lipinski definition) is 2. The van der Waals surface area contributed by atoms with Crippen molar-refractivity contribution in [2.75, 3.05) is 0 Å². The van der Waals surface area contributed by atoms with Crippen molar-refractivity contribution in [3.63, 3.8) is 0 Å². The molecule has 4 heteroatoms. The van der Waals surface area contributed by atoms with Gasteiger partial charge in [0.05, 0.1) is 6.04 Å². The standard InChI is InChI=1S/C22H28ClNO2/c1-6-20(18-10-8-14(3)12-15(18)4)24-22(25)21(7-2)26-17-9-11-19(23)16(5)13-17/h8-13,20-21H,6-7H2,1-5H3,(H,24,25)/t20-,21+/m0/s1. The molecule has 0 aliphatic heterocycles. The highest BCUT2D eigenvalue weighted by atomic mass is 35.5. The fraction of sp³-hybridized carbons (Fsp3) is 0.409. The summed E-state index contributed by atoms with van der Waals surface area (Å²) in [6.07, 6.45) is 0.888. The molecule has 2 rings (SSSR count). The minimum atomic E-state index is -0.532. The van der Waals surface area contributed by atoms with Crippen LogP contribution in [0.25, 0.3) is 0 Å². The number of carbonyl (C=O) groups is 1. The summed E-state index contributed by atoms with van der Waals surface area (Å²) >= 11 is 6.06. The summed E-state index contributed by atoms with van der Waals surface area (Å²) in [7, 11) is 0. The molecule has 0 aromatic heterocycles. The number of ether oxygens (including phenoxy) is 1. The van der Waals surface area contributed by atoms with Gasteiger partial charge in [-0.1, -0.05) is 49.2 Å². The van der Waals surface area contributed by atoms with E-state index in [1.54, 1.807) is 12.1 Å². The second kappa shape index (κ2) is 9.09. The number of aryl methyl sites for hydroxylation is 3. The van der Waals surface area contributed by atoms with Crippen LogP contribution in [0.5, 0.6) is 5.75 Å². The third-order valence-corrected chi connectivity index (χ3v) is 5.02. The molecule has 3 nitrogen and oxygen atoms in total. The lowest BCUT2D eigenvalue weighted by atomic mass is 9.97. The Morgan fingerprint density at radius 3 is 2.35 bits per heavy atom. The van der Waals surface area contributed by atoms with Crippen LogP contribution in [0.15, 0.2) is 36.4 Å².